The molecule has 0 spiro atoms. The van der Waals surface area contributed by atoms with Gasteiger partial charge in [0.2, 0.25) is 0 Å². The summed E-state index contributed by atoms with van der Waals surface area (Å²) in [5.41, 5.74) is 21.6. The summed E-state index contributed by atoms with van der Waals surface area (Å²) in [7, 11) is 0. The first kappa shape index (κ1) is 64.2. The molecular weight excluding hydrogens is 1430 g/mol. The van der Waals surface area contributed by atoms with Gasteiger partial charge in [-0.2, -0.15) is 0 Å². The fourth-order valence-corrected chi connectivity index (χ4v) is 18.8. The number of para-hydroxylation sites is 4. The summed E-state index contributed by atoms with van der Waals surface area (Å²) in [6, 6.07) is 117. The quantitative estimate of drug-likeness (QED) is 0.115. The summed E-state index contributed by atoms with van der Waals surface area (Å²) in [5, 5.41) is 7.93. The van der Waals surface area contributed by atoms with Gasteiger partial charge in [-0.15, -0.1) is 22.7 Å². The lowest BCUT2D eigenvalue weighted by molar-refractivity contribution is 0.669. The highest BCUT2D eigenvalue weighted by Gasteiger charge is 2.28. The van der Waals surface area contributed by atoms with Crippen LogP contribution >= 0.6 is 22.7 Å². The summed E-state index contributed by atoms with van der Waals surface area (Å²) in [6.45, 7) is 0. The standard InChI is InChI=1S/C99H56N10O2S2/c1-5-27-57(28-6-1)75-56-76(101-94(100-75)58-29-7-2-8-30-58)65-42-25-51-79-84(65)69-43-22-47-73(90(69)110-79)88-92-86(67-40-16-19-53-81(67)112-92)102-96(103-88)61-34-21-33-60(55-61)63-37-13-14-38-64(63)97-104-87-68-41-17-20-54-82(68)113-93(87)89(105-97)74-48-23-44-70-85-72(46-26-52-80(85)111-91(70)74)99-107-95(59-31-9-3-10-32-59)106-98(108-99)71-45-24-50-78-83(71)66-39-15-18-49-77(66)109(78)62-35-11-4-12-36-62/h1-56H. The molecule has 113 heavy (non-hydrogen) atoms. The van der Waals surface area contributed by atoms with E-state index >= 15 is 0 Å². The van der Waals surface area contributed by atoms with Crippen LogP contribution < -0.4 is 0 Å². The van der Waals surface area contributed by atoms with E-state index < -0.39 is 0 Å². The van der Waals surface area contributed by atoms with E-state index in [0.29, 0.717) is 46.1 Å². The van der Waals surface area contributed by atoms with E-state index in [1.165, 1.54) is 0 Å². The van der Waals surface area contributed by atoms with E-state index in [4.69, 9.17) is 53.7 Å². The first-order valence-electron chi connectivity index (χ1n) is 37.4. The van der Waals surface area contributed by atoms with Crippen LogP contribution in [0.15, 0.2) is 349 Å². The van der Waals surface area contributed by atoms with Crippen molar-refractivity contribution in [2.45, 2.75) is 0 Å². The lowest BCUT2D eigenvalue weighted by Crippen LogP contribution is -2.01. The van der Waals surface area contributed by atoms with Crippen LogP contribution in [-0.4, -0.2) is 49.4 Å². The molecule has 0 unspecified atom stereocenters. The normalized spacial score (nSPS) is 11.9. The highest BCUT2D eigenvalue weighted by atomic mass is 32.1. The second-order valence-electron chi connectivity index (χ2n) is 28.2. The number of hydrogen-bond acceptors (Lipinski definition) is 13. The Labute approximate surface area is 652 Å². The first-order valence-corrected chi connectivity index (χ1v) is 39.0. The molecule has 0 atom stereocenters. The highest BCUT2D eigenvalue weighted by molar-refractivity contribution is 7.26. The van der Waals surface area contributed by atoms with Gasteiger partial charge in [-0.05, 0) is 83.9 Å². The summed E-state index contributed by atoms with van der Waals surface area (Å²) < 4.78 is 20.8. The van der Waals surface area contributed by atoms with E-state index in [1.807, 2.05) is 78.9 Å². The predicted octanol–water partition coefficient (Wildman–Crippen LogP) is 26.2. The van der Waals surface area contributed by atoms with Gasteiger partial charge in [-0.3, -0.25) is 0 Å². The number of benzene rings is 14. The Bertz CT molecular complexity index is 7770. The minimum Gasteiger partial charge on any atom is -0.455 e. The average molecular weight is 1480 g/mol. The Morgan fingerprint density at radius 2 is 0.646 bits per heavy atom. The molecule has 0 saturated carbocycles. The highest BCUT2D eigenvalue weighted by Crippen LogP contribution is 2.49. The Morgan fingerprint density at radius 3 is 1.29 bits per heavy atom. The molecular formula is C99H56N10O2S2. The van der Waals surface area contributed by atoms with Crippen molar-refractivity contribution in [2.75, 3.05) is 0 Å². The monoisotopic (exact) mass is 1480 g/mol. The molecule has 0 aliphatic heterocycles. The topological polar surface area (TPSA) is 147 Å². The molecule has 0 aliphatic rings. The molecule has 0 saturated heterocycles. The minimum absolute atomic E-state index is 0.520. The van der Waals surface area contributed by atoms with E-state index in [1.54, 1.807) is 22.7 Å². The Morgan fingerprint density at radius 1 is 0.239 bits per heavy atom. The zero-order valence-electron chi connectivity index (χ0n) is 59.9. The smallest absolute Gasteiger partial charge is 0.164 e. The van der Waals surface area contributed by atoms with Gasteiger partial charge in [0.25, 0.3) is 0 Å². The fourth-order valence-electron chi connectivity index (χ4n) is 16.5. The summed E-state index contributed by atoms with van der Waals surface area (Å²) in [5.74, 6) is 3.43. The molecule has 0 radical (unpaired) electrons. The molecule has 14 heteroatoms. The fraction of sp³-hybridized carbons (Fsp3) is 0. The third-order valence-corrected chi connectivity index (χ3v) is 23.9. The van der Waals surface area contributed by atoms with Crippen molar-refractivity contribution >= 4 is 129 Å². The van der Waals surface area contributed by atoms with Crippen LogP contribution in [0.25, 0.3) is 236 Å². The Kier molecular flexibility index (Phi) is 14.7. The largest absolute Gasteiger partial charge is 0.455 e. The van der Waals surface area contributed by atoms with Crippen molar-refractivity contribution in [3.63, 3.8) is 0 Å². The zero-order valence-corrected chi connectivity index (χ0v) is 61.6. The number of rotatable bonds is 12. The molecule has 23 rings (SSSR count). The molecule has 14 aromatic carbocycles. The summed E-state index contributed by atoms with van der Waals surface area (Å²) >= 11 is 3.38. The van der Waals surface area contributed by atoms with Gasteiger partial charge in [0.1, 0.15) is 22.3 Å². The lowest BCUT2D eigenvalue weighted by Gasteiger charge is -2.13. The van der Waals surface area contributed by atoms with Crippen molar-refractivity contribution in [2.24, 2.45) is 0 Å². The van der Waals surface area contributed by atoms with Crippen molar-refractivity contribution in [3.8, 4) is 130 Å². The van der Waals surface area contributed by atoms with Gasteiger partial charge in [0.15, 0.2) is 34.9 Å². The van der Waals surface area contributed by atoms with Gasteiger partial charge in [-0.1, -0.05) is 267 Å². The molecule has 12 nitrogen and oxygen atoms in total. The molecule has 0 amide bonds. The molecule has 0 N–H and O–H groups in total. The van der Waals surface area contributed by atoms with Crippen molar-refractivity contribution in [1.82, 2.24) is 49.4 Å². The van der Waals surface area contributed by atoms with Crippen molar-refractivity contribution < 1.29 is 8.83 Å². The summed E-state index contributed by atoms with van der Waals surface area (Å²) in [4.78, 5) is 49.1. The third-order valence-electron chi connectivity index (χ3n) is 21.6. The number of aromatic nitrogens is 10. The van der Waals surface area contributed by atoms with Gasteiger partial charge in [0, 0.05) is 114 Å². The Balaban J connectivity index is 0.658. The number of fused-ring (bicyclic) bond motifs is 15. The molecule has 23 aromatic rings. The first-order chi connectivity index (χ1) is 56.0. The van der Waals surface area contributed by atoms with Gasteiger partial charge < -0.3 is 13.4 Å². The van der Waals surface area contributed by atoms with Crippen LogP contribution in [0.3, 0.4) is 0 Å². The number of hydrogen-bond donors (Lipinski definition) is 0. The number of nitrogens with zero attached hydrogens (tertiary/aromatic N) is 10. The van der Waals surface area contributed by atoms with Crippen molar-refractivity contribution in [3.05, 3.63) is 340 Å². The van der Waals surface area contributed by atoms with Crippen LogP contribution in [0.2, 0.25) is 0 Å². The average Bonchev–Trinajstić information content (AvgIpc) is 1.60. The molecule has 9 aromatic heterocycles. The molecule has 9 heterocycles. The zero-order chi connectivity index (χ0) is 74.2. The summed E-state index contributed by atoms with van der Waals surface area (Å²) in [6.07, 6.45) is 0. The third kappa shape index (κ3) is 10.5. The second kappa shape index (κ2) is 25.9. The van der Waals surface area contributed by atoms with Gasteiger partial charge in [0.05, 0.1) is 54.2 Å². The van der Waals surface area contributed by atoms with Gasteiger partial charge in [-0.25, -0.2) is 44.9 Å². The predicted molar refractivity (Wildman–Crippen MR) is 461 cm³/mol. The molecule has 526 valence electrons. The van der Waals surface area contributed by atoms with Crippen LogP contribution in [0.1, 0.15) is 0 Å². The minimum atomic E-state index is 0.520. The van der Waals surface area contributed by atoms with Gasteiger partial charge >= 0.3 is 0 Å². The van der Waals surface area contributed by atoms with Crippen LogP contribution in [0.5, 0.6) is 0 Å². The number of thiophene rings is 2. The van der Waals surface area contributed by atoms with Crippen LogP contribution in [0, 0.1) is 0 Å². The molecule has 0 aliphatic carbocycles. The van der Waals surface area contributed by atoms with Crippen molar-refractivity contribution in [1.29, 1.82) is 0 Å². The second-order valence-corrected chi connectivity index (χ2v) is 30.3. The van der Waals surface area contributed by atoms with E-state index in [9.17, 15) is 0 Å². The van der Waals surface area contributed by atoms with Crippen LogP contribution in [-0.2, 0) is 0 Å². The SMILES string of the molecule is c1ccc(-c2cc(-c3cccc4oc5c(-c6nc(-c7cccc(-c8ccccc8-c8nc(-c9cccc%10c9oc9cccc(-c%11nc(-c%12ccccc%12)nc(-c%12cccc%13c%12c%12ccccc%12n%13-c%12ccccc%12)n%11)c9%10)c9sc%10ccccc%10c9n8)c7)nc7c6sc6ccccc67)cccc5c34)nc(-c3ccccc3)n2)cc1. The maximum Gasteiger partial charge on any atom is 0.164 e. The van der Waals surface area contributed by atoms with E-state index in [-0.39, 0.29) is 0 Å². The van der Waals surface area contributed by atoms with E-state index in [0.717, 1.165) is 190 Å². The Hall–Kier alpha value is -14.8. The number of furan rings is 2. The lowest BCUT2D eigenvalue weighted by atomic mass is 9.97. The molecule has 0 fully saturated rings. The maximum atomic E-state index is 7.22. The molecule has 0 bridgehead atoms. The maximum absolute atomic E-state index is 7.22. The van der Waals surface area contributed by atoms with E-state index in [2.05, 4.69) is 265 Å². The van der Waals surface area contributed by atoms with Crippen LogP contribution in [0.4, 0.5) is 0 Å².